The van der Waals surface area contributed by atoms with E-state index in [0.29, 0.717) is 34.3 Å². The van der Waals surface area contributed by atoms with Gasteiger partial charge in [0, 0.05) is 36.6 Å². The molecule has 0 unspecified atom stereocenters. The molecule has 8 nitrogen and oxygen atoms in total. The molecule has 3 N–H and O–H groups in total. The van der Waals surface area contributed by atoms with Crippen molar-refractivity contribution < 1.29 is 13.9 Å². The predicted octanol–water partition coefficient (Wildman–Crippen LogP) is 4.80. The third-order valence-electron chi connectivity index (χ3n) is 5.70. The lowest BCUT2D eigenvalue weighted by Crippen LogP contribution is -2.36. The van der Waals surface area contributed by atoms with Crippen LogP contribution >= 0.6 is 0 Å². The molecule has 0 aliphatic carbocycles. The molecule has 3 heterocycles. The highest BCUT2D eigenvalue weighted by Crippen LogP contribution is 2.28. The Morgan fingerprint density at radius 1 is 1.15 bits per heavy atom. The Kier molecular flexibility index (Phi) is 6.40. The van der Waals surface area contributed by atoms with Crippen molar-refractivity contribution in [2.24, 2.45) is 0 Å². The van der Waals surface area contributed by atoms with Gasteiger partial charge in [-0.3, -0.25) is 9.78 Å². The summed E-state index contributed by atoms with van der Waals surface area (Å²) in [6.45, 7) is 3.86. The van der Waals surface area contributed by atoms with Gasteiger partial charge in [0.2, 0.25) is 0 Å². The first kappa shape index (κ1) is 21.9. The molecule has 0 bridgehead atoms. The summed E-state index contributed by atoms with van der Waals surface area (Å²) in [5.74, 6) is 0.913. The lowest BCUT2D eigenvalue weighted by atomic mass is 10.1. The van der Waals surface area contributed by atoms with Crippen molar-refractivity contribution in [2.45, 2.75) is 32.2 Å². The summed E-state index contributed by atoms with van der Waals surface area (Å²) in [6, 6.07) is 17.6. The van der Waals surface area contributed by atoms with Crippen molar-refractivity contribution in [3.05, 3.63) is 72.1 Å². The van der Waals surface area contributed by atoms with Crippen molar-refractivity contribution in [3.8, 4) is 11.5 Å². The predicted molar refractivity (Wildman–Crippen MR) is 131 cm³/mol. The average Bonchev–Trinajstić information content (AvgIpc) is 3.50. The number of aryl methyl sites for hydroxylation is 1. The van der Waals surface area contributed by atoms with Crippen molar-refractivity contribution in [1.82, 2.24) is 20.6 Å². The smallest absolute Gasteiger partial charge is 0.300 e. The molecule has 0 saturated carbocycles. The number of aromatic nitrogens is 2. The van der Waals surface area contributed by atoms with Gasteiger partial charge < -0.3 is 25.1 Å². The van der Waals surface area contributed by atoms with Crippen LogP contribution < -0.4 is 20.7 Å². The number of hydrogen-bond acceptors (Lipinski definition) is 7. The van der Waals surface area contributed by atoms with Crippen LogP contribution in [0.15, 0.2) is 65.2 Å². The first-order chi connectivity index (χ1) is 16.7. The summed E-state index contributed by atoms with van der Waals surface area (Å²) in [4.78, 5) is 21.2. The fourth-order valence-corrected chi connectivity index (χ4v) is 3.96. The van der Waals surface area contributed by atoms with E-state index in [1.165, 1.54) is 5.56 Å². The maximum atomic E-state index is 12.5. The number of rotatable bonds is 8. The molecule has 174 valence electrons. The molecule has 1 amide bonds. The number of ether oxygens (including phenoxy) is 1. The number of hydrogen-bond donors (Lipinski definition) is 3. The first-order valence-electron chi connectivity index (χ1n) is 11.6. The Morgan fingerprint density at radius 2 is 2.00 bits per heavy atom. The highest BCUT2D eigenvalue weighted by molar-refractivity contribution is 5.92. The molecular formula is C26H27N5O3. The second-order valence-corrected chi connectivity index (χ2v) is 8.36. The van der Waals surface area contributed by atoms with Gasteiger partial charge in [-0.1, -0.05) is 25.5 Å². The molecule has 4 aromatic rings. The summed E-state index contributed by atoms with van der Waals surface area (Å²) in [6.07, 6.45) is 4.67. The second-order valence-electron chi connectivity index (χ2n) is 8.36. The summed E-state index contributed by atoms with van der Waals surface area (Å²) in [5, 5.41) is 9.43. The van der Waals surface area contributed by atoms with E-state index in [4.69, 9.17) is 9.15 Å². The molecule has 2 aromatic carbocycles. The zero-order valence-electron chi connectivity index (χ0n) is 19.0. The number of nitrogens with zero attached hydrogens (tertiary/aromatic N) is 2. The van der Waals surface area contributed by atoms with Gasteiger partial charge in [-0.2, -0.15) is 4.98 Å². The Bertz CT molecular complexity index is 1280. The summed E-state index contributed by atoms with van der Waals surface area (Å²) in [7, 11) is 0. The maximum Gasteiger partial charge on any atom is 0.300 e. The number of benzene rings is 2. The van der Waals surface area contributed by atoms with E-state index >= 15 is 0 Å². The number of nitrogens with one attached hydrogen (secondary N) is 3. The monoisotopic (exact) mass is 457 g/mol. The van der Waals surface area contributed by atoms with Crippen LogP contribution in [0.5, 0.6) is 11.5 Å². The third kappa shape index (κ3) is 5.18. The molecule has 1 aliphatic heterocycles. The van der Waals surface area contributed by atoms with E-state index in [-0.39, 0.29) is 11.9 Å². The Balaban J connectivity index is 1.27. The number of oxazole rings is 1. The zero-order chi connectivity index (χ0) is 23.3. The minimum atomic E-state index is -0.204. The fourth-order valence-electron chi connectivity index (χ4n) is 3.96. The van der Waals surface area contributed by atoms with E-state index in [0.717, 1.165) is 38.0 Å². The topological polar surface area (TPSA) is 101 Å². The van der Waals surface area contributed by atoms with Crippen LogP contribution in [0.3, 0.4) is 0 Å². The SMILES string of the molecule is CCCc1ccc(Nc2nc3cc(Oc4ccnc(C(=O)N[C@@H]5CCNC5)c4)ccc3o2)cc1. The Labute approximate surface area is 197 Å². The molecule has 1 fully saturated rings. The van der Waals surface area contributed by atoms with Gasteiger partial charge in [-0.25, -0.2) is 0 Å². The van der Waals surface area contributed by atoms with Crippen molar-refractivity contribution in [2.75, 3.05) is 18.4 Å². The van der Waals surface area contributed by atoms with Crippen molar-refractivity contribution in [3.63, 3.8) is 0 Å². The summed E-state index contributed by atoms with van der Waals surface area (Å²) in [5.41, 5.74) is 3.86. The van der Waals surface area contributed by atoms with Crippen LogP contribution in [0.4, 0.5) is 11.7 Å². The molecule has 5 rings (SSSR count). The second kappa shape index (κ2) is 9.93. The maximum absolute atomic E-state index is 12.5. The number of pyridine rings is 1. The van der Waals surface area contributed by atoms with Crippen LogP contribution in [0.25, 0.3) is 11.1 Å². The number of fused-ring (bicyclic) bond motifs is 1. The zero-order valence-corrected chi connectivity index (χ0v) is 19.0. The highest BCUT2D eigenvalue weighted by atomic mass is 16.5. The number of carbonyl (C=O) groups is 1. The van der Waals surface area contributed by atoms with E-state index < -0.39 is 0 Å². The highest BCUT2D eigenvalue weighted by Gasteiger charge is 2.18. The van der Waals surface area contributed by atoms with Gasteiger partial charge in [0.15, 0.2) is 5.58 Å². The lowest BCUT2D eigenvalue weighted by molar-refractivity contribution is 0.0934. The number of amides is 1. The quantitative estimate of drug-likeness (QED) is 0.349. The van der Waals surface area contributed by atoms with Gasteiger partial charge in [0.05, 0.1) is 0 Å². The largest absolute Gasteiger partial charge is 0.457 e. The minimum Gasteiger partial charge on any atom is -0.457 e. The molecule has 1 aliphatic rings. The fraction of sp³-hybridized carbons (Fsp3) is 0.269. The van der Waals surface area contributed by atoms with E-state index in [1.807, 2.05) is 18.2 Å². The Morgan fingerprint density at radius 3 is 2.79 bits per heavy atom. The first-order valence-corrected chi connectivity index (χ1v) is 11.6. The van der Waals surface area contributed by atoms with Gasteiger partial charge >= 0.3 is 0 Å². The molecule has 0 spiro atoms. The minimum absolute atomic E-state index is 0.130. The molecule has 1 saturated heterocycles. The van der Waals surface area contributed by atoms with Gasteiger partial charge in [0.1, 0.15) is 22.7 Å². The lowest BCUT2D eigenvalue weighted by Gasteiger charge is -2.11. The standard InChI is InChI=1S/C26H27N5O3/c1-2-3-17-4-6-18(7-5-17)30-26-31-22-14-20(8-9-24(22)34-26)33-21-11-13-28-23(15-21)25(32)29-19-10-12-27-16-19/h4-9,11,13-15,19,27H,2-3,10,12,16H2,1H3,(H,29,32)(H,30,31)/t19-/m1/s1. The van der Waals surface area contributed by atoms with Crippen molar-refractivity contribution in [1.29, 1.82) is 0 Å². The normalized spacial score (nSPS) is 15.4. The van der Waals surface area contributed by atoms with Crippen LogP contribution in [-0.2, 0) is 6.42 Å². The molecular weight excluding hydrogens is 430 g/mol. The van der Waals surface area contributed by atoms with Crippen LogP contribution in [-0.4, -0.2) is 35.0 Å². The molecule has 34 heavy (non-hydrogen) atoms. The average molecular weight is 458 g/mol. The van der Waals surface area contributed by atoms with Crippen LogP contribution in [0.2, 0.25) is 0 Å². The Hall–Kier alpha value is -3.91. The van der Waals surface area contributed by atoms with E-state index in [2.05, 4.69) is 45.0 Å². The molecule has 2 aromatic heterocycles. The van der Waals surface area contributed by atoms with Gasteiger partial charge in [-0.05, 0) is 55.3 Å². The van der Waals surface area contributed by atoms with Crippen LogP contribution in [0, 0.1) is 0 Å². The van der Waals surface area contributed by atoms with E-state index in [1.54, 1.807) is 30.5 Å². The summed E-state index contributed by atoms with van der Waals surface area (Å²) >= 11 is 0. The van der Waals surface area contributed by atoms with Gasteiger partial charge in [-0.15, -0.1) is 0 Å². The molecule has 1 atom stereocenters. The van der Waals surface area contributed by atoms with Gasteiger partial charge in [0.25, 0.3) is 11.9 Å². The number of anilines is 2. The molecule has 8 heteroatoms. The summed E-state index contributed by atoms with van der Waals surface area (Å²) < 4.78 is 11.8. The third-order valence-corrected chi connectivity index (χ3v) is 5.70. The van der Waals surface area contributed by atoms with Crippen molar-refractivity contribution >= 4 is 28.7 Å². The van der Waals surface area contributed by atoms with E-state index in [9.17, 15) is 4.79 Å². The van der Waals surface area contributed by atoms with Crippen LogP contribution in [0.1, 0.15) is 35.8 Å². The molecule has 0 radical (unpaired) electrons. The number of carbonyl (C=O) groups excluding carboxylic acids is 1.